The van der Waals surface area contributed by atoms with Gasteiger partial charge in [0.25, 0.3) is 0 Å². The second kappa shape index (κ2) is 16.8. The maximum atomic E-state index is 6.72. The number of hydrogen-bond donors (Lipinski definition) is 0. The van der Waals surface area contributed by atoms with Gasteiger partial charge in [-0.05, 0) is 133 Å². The van der Waals surface area contributed by atoms with Crippen LogP contribution in [0.2, 0.25) is 0 Å². The van der Waals surface area contributed by atoms with Gasteiger partial charge in [-0.1, -0.05) is 224 Å². The zero-order valence-electron chi connectivity index (χ0n) is 41.9. The molecule has 2 spiro atoms. The first-order valence-electron chi connectivity index (χ1n) is 26.6. The van der Waals surface area contributed by atoms with Crippen molar-refractivity contribution in [1.82, 2.24) is 0 Å². The Morgan fingerprint density at radius 2 is 0.649 bits per heavy atom. The molecule has 12 aromatic rings. The topological polar surface area (TPSA) is 21.7 Å². The van der Waals surface area contributed by atoms with Gasteiger partial charge in [0, 0.05) is 39.2 Å². The molecule has 0 atom stereocenters. The average molecular weight is 982 g/mol. The lowest BCUT2D eigenvalue weighted by Gasteiger charge is -2.39. The predicted molar refractivity (Wildman–Crippen MR) is 312 cm³/mol. The van der Waals surface area contributed by atoms with Crippen molar-refractivity contribution in [2.75, 3.05) is 4.90 Å². The molecule has 0 radical (unpaired) electrons. The van der Waals surface area contributed by atoms with Gasteiger partial charge in [0.05, 0.1) is 16.5 Å². The number of anilines is 3. The summed E-state index contributed by atoms with van der Waals surface area (Å²) in [4.78, 5) is 2.45. The molecule has 0 amide bonds. The smallest absolute Gasteiger partial charge is 0.132 e. The van der Waals surface area contributed by atoms with Gasteiger partial charge in [0.2, 0.25) is 0 Å². The maximum absolute atomic E-state index is 6.72. The predicted octanol–water partition coefficient (Wildman–Crippen LogP) is 19.1. The Morgan fingerprint density at radius 3 is 1.29 bits per heavy atom. The first-order valence-corrected chi connectivity index (χ1v) is 26.6. The number of hydrogen-bond acceptors (Lipinski definition) is 3. The second-order valence-corrected chi connectivity index (χ2v) is 20.6. The lowest BCUT2D eigenvalue weighted by Crippen LogP contribution is -2.32. The summed E-state index contributed by atoms with van der Waals surface area (Å²) < 4.78 is 13.4. The van der Waals surface area contributed by atoms with Crippen molar-refractivity contribution in [1.29, 1.82) is 0 Å². The van der Waals surface area contributed by atoms with Crippen LogP contribution in [0.3, 0.4) is 0 Å². The third kappa shape index (κ3) is 6.14. The van der Waals surface area contributed by atoms with E-state index >= 15 is 0 Å². The lowest BCUT2D eigenvalue weighted by atomic mass is 9.66. The molecular weight excluding hydrogens is 935 g/mol. The van der Waals surface area contributed by atoms with E-state index in [0.717, 1.165) is 79.0 Å². The molecule has 12 aromatic carbocycles. The molecule has 0 saturated carbocycles. The van der Waals surface area contributed by atoms with Crippen LogP contribution < -0.4 is 14.4 Å². The fourth-order valence-corrected chi connectivity index (χ4v) is 13.8. The van der Waals surface area contributed by atoms with Crippen LogP contribution in [0, 0.1) is 0 Å². The maximum Gasteiger partial charge on any atom is 0.132 e. The van der Waals surface area contributed by atoms with Crippen LogP contribution in [-0.2, 0) is 10.8 Å². The van der Waals surface area contributed by atoms with Gasteiger partial charge in [0.1, 0.15) is 23.0 Å². The molecule has 2 heterocycles. The number of fused-ring (bicyclic) bond motifs is 18. The molecule has 3 heteroatoms. The largest absolute Gasteiger partial charge is 0.457 e. The third-order valence-corrected chi connectivity index (χ3v) is 16.8. The molecule has 16 rings (SSSR count). The number of nitrogens with zero attached hydrogens (tertiary/aromatic N) is 1. The molecule has 0 fully saturated rings. The van der Waals surface area contributed by atoms with Gasteiger partial charge in [-0.2, -0.15) is 0 Å². The SMILES string of the molecule is c1ccc(-c2ccc(N(c3cccc(-c4cccc5c4-c4ccccc4C54c5ccccc5Oc5ccccc54)c3)c3ccccc3-c3ccc4c(c3)C3(c5ccccc5Oc5ccccc53)c3ccccc3-4)cc2)cc1. The number of rotatable bonds is 6. The Labute approximate surface area is 448 Å². The van der Waals surface area contributed by atoms with Crippen LogP contribution in [0.4, 0.5) is 17.1 Å². The minimum absolute atomic E-state index is 0.568. The van der Waals surface area contributed by atoms with Gasteiger partial charge >= 0.3 is 0 Å². The van der Waals surface area contributed by atoms with Crippen LogP contribution in [0.25, 0.3) is 55.6 Å². The summed E-state index contributed by atoms with van der Waals surface area (Å²) in [5.74, 6) is 3.54. The summed E-state index contributed by atoms with van der Waals surface area (Å²) in [6.07, 6.45) is 0. The Kier molecular flexibility index (Phi) is 9.47. The summed E-state index contributed by atoms with van der Waals surface area (Å²) in [5, 5.41) is 0. The van der Waals surface area contributed by atoms with Crippen LogP contribution in [-0.4, -0.2) is 0 Å². The highest BCUT2D eigenvalue weighted by Gasteiger charge is 2.53. The molecular formula is C74H47NO2. The van der Waals surface area contributed by atoms with Crippen molar-refractivity contribution in [2.24, 2.45) is 0 Å². The van der Waals surface area contributed by atoms with Crippen LogP contribution >= 0.6 is 0 Å². The van der Waals surface area contributed by atoms with Gasteiger partial charge in [-0.15, -0.1) is 0 Å². The highest BCUT2D eigenvalue weighted by Crippen LogP contribution is 2.65. The molecule has 4 aliphatic rings. The van der Waals surface area contributed by atoms with Gasteiger partial charge in [-0.25, -0.2) is 0 Å². The Bertz CT molecular complexity index is 4270. The van der Waals surface area contributed by atoms with Crippen molar-refractivity contribution < 1.29 is 9.47 Å². The van der Waals surface area contributed by atoms with E-state index in [1.807, 2.05) is 0 Å². The molecule has 2 aliphatic heterocycles. The molecule has 360 valence electrons. The molecule has 0 unspecified atom stereocenters. The number of para-hydroxylation sites is 5. The molecule has 77 heavy (non-hydrogen) atoms. The molecule has 0 bridgehead atoms. The third-order valence-electron chi connectivity index (χ3n) is 16.8. The van der Waals surface area contributed by atoms with E-state index in [0.29, 0.717) is 0 Å². The van der Waals surface area contributed by atoms with Gasteiger partial charge in [0.15, 0.2) is 0 Å². The zero-order chi connectivity index (χ0) is 50.7. The molecule has 0 saturated heterocycles. The monoisotopic (exact) mass is 981 g/mol. The van der Waals surface area contributed by atoms with E-state index in [4.69, 9.17) is 9.47 Å². The first-order chi connectivity index (χ1) is 38.2. The van der Waals surface area contributed by atoms with E-state index in [9.17, 15) is 0 Å². The minimum atomic E-state index is -0.592. The highest BCUT2D eigenvalue weighted by molar-refractivity contribution is 5.99. The Morgan fingerprint density at radius 1 is 0.234 bits per heavy atom. The summed E-state index contributed by atoms with van der Waals surface area (Å²) in [6, 6.07) is 104. The normalized spacial score (nSPS) is 13.9. The zero-order valence-corrected chi connectivity index (χ0v) is 41.9. The van der Waals surface area contributed by atoms with Gasteiger partial charge < -0.3 is 14.4 Å². The van der Waals surface area contributed by atoms with Crippen LogP contribution in [0.15, 0.2) is 285 Å². The average Bonchev–Trinajstić information content (AvgIpc) is 4.17. The van der Waals surface area contributed by atoms with Crippen LogP contribution in [0.1, 0.15) is 44.5 Å². The summed E-state index contributed by atoms with van der Waals surface area (Å²) in [5.41, 5.74) is 23.6. The lowest BCUT2D eigenvalue weighted by molar-refractivity contribution is 0.436. The van der Waals surface area contributed by atoms with Crippen molar-refractivity contribution in [3.05, 3.63) is 330 Å². The summed E-state index contributed by atoms with van der Waals surface area (Å²) >= 11 is 0. The Balaban J connectivity index is 0.899. The fraction of sp³-hybridized carbons (Fsp3) is 0.0270. The van der Waals surface area contributed by atoms with Crippen molar-refractivity contribution in [2.45, 2.75) is 10.8 Å². The summed E-state index contributed by atoms with van der Waals surface area (Å²) in [6.45, 7) is 0. The first kappa shape index (κ1) is 43.4. The van der Waals surface area contributed by atoms with Crippen LogP contribution in [0.5, 0.6) is 23.0 Å². The van der Waals surface area contributed by atoms with Crippen molar-refractivity contribution in [3.8, 4) is 78.6 Å². The van der Waals surface area contributed by atoms with Crippen molar-refractivity contribution >= 4 is 17.1 Å². The van der Waals surface area contributed by atoms with E-state index < -0.39 is 10.8 Å². The molecule has 2 aliphatic carbocycles. The number of benzene rings is 12. The minimum Gasteiger partial charge on any atom is -0.457 e. The van der Waals surface area contributed by atoms with E-state index in [2.05, 4.69) is 290 Å². The highest BCUT2D eigenvalue weighted by atomic mass is 16.5. The molecule has 0 aromatic heterocycles. The van der Waals surface area contributed by atoms with Crippen molar-refractivity contribution in [3.63, 3.8) is 0 Å². The second-order valence-electron chi connectivity index (χ2n) is 20.6. The standard InChI is InChI=1S/C74H47NO2/c1-2-20-48(21-3-1)49-40-43-52(44-41-49)75(53-23-18-22-50(46-53)55-27-19-34-65-72(55)58-26-5-8-29-60(58)73(65)61-30-9-14-36-68(61)76-69-37-15-10-31-62(69)73)67-35-13-6-24-54(67)51-42-45-57-56-25-4-7-28-59(56)74(66(57)47-51)63-32-11-16-38-70(63)77-71-39-17-12-33-64(71)74/h1-47H. The summed E-state index contributed by atoms with van der Waals surface area (Å²) in [7, 11) is 0. The number of ether oxygens (including phenoxy) is 2. The fourth-order valence-electron chi connectivity index (χ4n) is 13.8. The van der Waals surface area contributed by atoms with Gasteiger partial charge in [-0.3, -0.25) is 0 Å². The van der Waals surface area contributed by atoms with E-state index in [1.165, 1.54) is 61.2 Å². The van der Waals surface area contributed by atoms with E-state index in [1.54, 1.807) is 0 Å². The Hall–Kier alpha value is -9.96. The molecule has 3 nitrogen and oxygen atoms in total. The quantitative estimate of drug-likeness (QED) is 0.166. The molecule has 0 N–H and O–H groups in total. The van der Waals surface area contributed by atoms with E-state index in [-0.39, 0.29) is 0 Å².